The molecule has 4 nitrogen and oxygen atoms in total. The van der Waals surface area contributed by atoms with E-state index in [9.17, 15) is 12.8 Å². The van der Waals surface area contributed by atoms with Gasteiger partial charge < -0.3 is 5.43 Å². The summed E-state index contributed by atoms with van der Waals surface area (Å²) in [6.45, 7) is 0. The van der Waals surface area contributed by atoms with Crippen molar-refractivity contribution in [2.75, 3.05) is 0 Å². The molecule has 0 radical (unpaired) electrons. The van der Waals surface area contributed by atoms with Crippen LogP contribution >= 0.6 is 11.6 Å². The summed E-state index contributed by atoms with van der Waals surface area (Å²) in [6, 6.07) is 20.3. The van der Waals surface area contributed by atoms with Crippen molar-refractivity contribution < 1.29 is 12.8 Å². The summed E-state index contributed by atoms with van der Waals surface area (Å²) in [7, 11) is -3.89. The molecular formula is C21H16ClFN2O2S. The highest BCUT2D eigenvalue weighted by molar-refractivity contribution is 7.93. The Kier molecular flexibility index (Phi) is 4.91. The first-order chi connectivity index (χ1) is 13.5. The zero-order valence-electron chi connectivity index (χ0n) is 14.6. The number of rotatable bonds is 4. The van der Waals surface area contributed by atoms with Crippen LogP contribution in [0.2, 0.25) is 5.02 Å². The third kappa shape index (κ3) is 3.30. The summed E-state index contributed by atoms with van der Waals surface area (Å²) in [6.07, 6.45) is 0. The van der Waals surface area contributed by atoms with Crippen molar-refractivity contribution >= 4 is 27.1 Å². The Balaban J connectivity index is 1.86. The summed E-state index contributed by atoms with van der Waals surface area (Å²) < 4.78 is 40.4. The van der Waals surface area contributed by atoms with E-state index in [1.54, 1.807) is 24.3 Å². The Morgan fingerprint density at radius 3 is 2.21 bits per heavy atom. The van der Waals surface area contributed by atoms with Crippen molar-refractivity contribution in [1.82, 2.24) is 5.43 Å². The molecule has 1 N–H and O–H groups in total. The van der Waals surface area contributed by atoms with Crippen LogP contribution in [0.4, 0.5) is 4.39 Å². The van der Waals surface area contributed by atoms with E-state index in [1.165, 1.54) is 12.1 Å². The lowest BCUT2D eigenvalue weighted by Crippen LogP contribution is -2.35. The Morgan fingerprint density at radius 2 is 1.54 bits per heavy atom. The predicted octanol–water partition coefficient (Wildman–Crippen LogP) is 4.37. The molecule has 3 aromatic rings. The third-order valence-corrected chi connectivity index (χ3v) is 7.12. The van der Waals surface area contributed by atoms with Crippen LogP contribution in [0.25, 0.3) is 0 Å². The van der Waals surface area contributed by atoms with Crippen LogP contribution in [-0.4, -0.2) is 19.4 Å². The zero-order valence-corrected chi connectivity index (χ0v) is 16.2. The molecular weight excluding hydrogens is 399 g/mol. The number of hydrazone groups is 1. The van der Waals surface area contributed by atoms with Crippen molar-refractivity contribution in [3.63, 3.8) is 0 Å². The van der Waals surface area contributed by atoms with Gasteiger partial charge in [-0.15, -0.1) is 0 Å². The Labute approximate surface area is 167 Å². The molecule has 0 amide bonds. The average molecular weight is 415 g/mol. The van der Waals surface area contributed by atoms with Crippen molar-refractivity contribution in [2.45, 2.75) is 16.2 Å². The van der Waals surface area contributed by atoms with Gasteiger partial charge in [0.2, 0.25) is 0 Å². The molecule has 3 aromatic carbocycles. The number of hydrogen-bond donors (Lipinski definition) is 1. The zero-order chi connectivity index (χ0) is 19.7. The van der Waals surface area contributed by atoms with Gasteiger partial charge in [0, 0.05) is 5.02 Å². The molecule has 142 valence electrons. The Bertz CT molecular complexity index is 1130. The van der Waals surface area contributed by atoms with E-state index in [0.29, 0.717) is 21.9 Å². The van der Waals surface area contributed by atoms with Crippen molar-refractivity contribution in [3.8, 4) is 0 Å². The van der Waals surface area contributed by atoms with Crippen molar-refractivity contribution in [3.05, 3.63) is 101 Å². The standard InChI is InChI=1S/C21H16ClFN2O2S/c22-18-9-5-4-8-17(18)20-21(19(24-25-20)14-6-2-1-3-7-14)28(26,27)16-12-10-15(23)11-13-16/h1-13,20-21,25H. The maximum absolute atomic E-state index is 13.5. The van der Waals surface area contributed by atoms with Gasteiger partial charge in [-0.2, -0.15) is 5.10 Å². The van der Waals surface area contributed by atoms with Crippen LogP contribution in [0, 0.1) is 5.82 Å². The fourth-order valence-electron chi connectivity index (χ4n) is 3.32. The van der Waals surface area contributed by atoms with Gasteiger partial charge >= 0.3 is 0 Å². The second-order valence-electron chi connectivity index (χ2n) is 6.41. The van der Waals surface area contributed by atoms with Gasteiger partial charge in [-0.05, 0) is 41.5 Å². The second kappa shape index (κ2) is 7.37. The normalized spacial score (nSPS) is 19.1. The minimum Gasteiger partial charge on any atom is -0.300 e. The molecule has 1 heterocycles. The van der Waals surface area contributed by atoms with Crippen molar-refractivity contribution in [1.29, 1.82) is 0 Å². The molecule has 7 heteroatoms. The lowest BCUT2D eigenvalue weighted by atomic mass is 9.98. The maximum atomic E-state index is 13.5. The van der Waals surface area contributed by atoms with Gasteiger partial charge in [-0.3, -0.25) is 0 Å². The minimum absolute atomic E-state index is 0.0308. The maximum Gasteiger partial charge on any atom is 0.189 e. The summed E-state index contributed by atoms with van der Waals surface area (Å²) in [5, 5.41) is 3.78. The van der Waals surface area contributed by atoms with Crippen LogP contribution in [0.5, 0.6) is 0 Å². The van der Waals surface area contributed by atoms with E-state index >= 15 is 0 Å². The van der Waals surface area contributed by atoms with Crippen LogP contribution in [0.15, 0.2) is 88.9 Å². The number of nitrogens with one attached hydrogen (secondary N) is 1. The lowest BCUT2D eigenvalue weighted by molar-refractivity contribution is 0.561. The molecule has 2 unspecified atom stereocenters. The highest BCUT2D eigenvalue weighted by Gasteiger charge is 2.44. The highest BCUT2D eigenvalue weighted by Crippen LogP contribution is 2.36. The van der Waals surface area contributed by atoms with Gasteiger partial charge in [0.25, 0.3) is 0 Å². The number of halogens is 2. The van der Waals surface area contributed by atoms with Crippen LogP contribution in [0.1, 0.15) is 17.2 Å². The smallest absolute Gasteiger partial charge is 0.189 e. The van der Waals surface area contributed by atoms with Crippen molar-refractivity contribution in [2.24, 2.45) is 5.10 Å². The lowest BCUT2D eigenvalue weighted by Gasteiger charge is -2.22. The summed E-state index contributed by atoms with van der Waals surface area (Å²) >= 11 is 6.34. The summed E-state index contributed by atoms with van der Waals surface area (Å²) in [5.74, 6) is -0.497. The van der Waals surface area contributed by atoms with Crippen LogP contribution < -0.4 is 5.43 Å². The predicted molar refractivity (Wildman–Crippen MR) is 108 cm³/mol. The number of sulfone groups is 1. The minimum atomic E-state index is -3.89. The first-order valence-electron chi connectivity index (χ1n) is 8.61. The van der Waals surface area contributed by atoms with Gasteiger partial charge in [0.05, 0.1) is 16.6 Å². The van der Waals surface area contributed by atoms with E-state index in [2.05, 4.69) is 10.5 Å². The molecule has 0 aromatic heterocycles. The Morgan fingerprint density at radius 1 is 0.893 bits per heavy atom. The quantitative estimate of drug-likeness (QED) is 0.645. The first-order valence-corrected chi connectivity index (χ1v) is 10.5. The molecule has 0 saturated heterocycles. The molecule has 0 aliphatic carbocycles. The van der Waals surface area contributed by atoms with E-state index in [1.807, 2.05) is 30.3 Å². The van der Waals surface area contributed by atoms with Gasteiger partial charge in [0.15, 0.2) is 9.84 Å². The largest absolute Gasteiger partial charge is 0.300 e. The fraction of sp³-hybridized carbons (Fsp3) is 0.0952. The van der Waals surface area contributed by atoms with E-state index in [-0.39, 0.29) is 4.90 Å². The fourth-order valence-corrected chi connectivity index (χ4v) is 5.43. The molecule has 0 fully saturated rings. The number of hydrogen-bond acceptors (Lipinski definition) is 4. The van der Waals surface area contributed by atoms with E-state index in [4.69, 9.17) is 11.6 Å². The molecule has 0 spiro atoms. The van der Waals surface area contributed by atoms with Gasteiger partial charge in [0.1, 0.15) is 11.1 Å². The first kappa shape index (κ1) is 18.7. The monoisotopic (exact) mass is 414 g/mol. The molecule has 0 saturated carbocycles. The SMILES string of the molecule is O=S(=O)(c1ccc(F)cc1)C1C(c2ccccc2)=NNC1c1ccccc1Cl. The second-order valence-corrected chi connectivity index (χ2v) is 8.89. The highest BCUT2D eigenvalue weighted by atomic mass is 35.5. The molecule has 2 atom stereocenters. The Hall–Kier alpha value is -2.70. The average Bonchev–Trinajstić information content (AvgIpc) is 3.15. The molecule has 28 heavy (non-hydrogen) atoms. The molecule has 1 aliphatic rings. The number of benzene rings is 3. The third-order valence-electron chi connectivity index (χ3n) is 4.68. The van der Waals surface area contributed by atoms with Crippen LogP contribution in [-0.2, 0) is 9.84 Å². The topological polar surface area (TPSA) is 58.5 Å². The van der Waals surface area contributed by atoms with E-state index in [0.717, 1.165) is 12.1 Å². The molecule has 1 aliphatic heterocycles. The van der Waals surface area contributed by atoms with Gasteiger partial charge in [-0.1, -0.05) is 60.1 Å². The summed E-state index contributed by atoms with van der Waals surface area (Å²) in [5.41, 5.74) is 4.68. The number of nitrogens with zero attached hydrogens (tertiary/aromatic N) is 1. The van der Waals surface area contributed by atoms with E-state index < -0.39 is 26.9 Å². The molecule has 0 bridgehead atoms. The van der Waals surface area contributed by atoms with Crippen LogP contribution in [0.3, 0.4) is 0 Å². The molecule has 4 rings (SSSR count). The van der Waals surface area contributed by atoms with Gasteiger partial charge in [-0.25, -0.2) is 12.8 Å². The summed E-state index contributed by atoms with van der Waals surface area (Å²) in [4.78, 5) is 0.0308.